The van der Waals surface area contributed by atoms with E-state index in [0.717, 1.165) is 30.7 Å². The lowest BCUT2D eigenvalue weighted by molar-refractivity contribution is 0.456. The summed E-state index contributed by atoms with van der Waals surface area (Å²) in [4.78, 5) is 15.4. The molecule has 0 bridgehead atoms. The summed E-state index contributed by atoms with van der Waals surface area (Å²) in [5.74, 6) is 0.580. The summed E-state index contributed by atoms with van der Waals surface area (Å²) in [7, 11) is 0. The third-order valence-electron chi connectivity index (χ3n) is 4.00. The van der Waals surface area contributed by atoms with E-state index >= 15 is 0 Å². The first kappa shape index (κ1) is 14.4. The molecule has 2 aromatic heterocycles. The first-order valence-electron chi connectivity index (χ1n) is 7.57. The second kappa shape index (κ2) is 5.79. The molecular formula is C16H16ClN5O. The number of nitrogens with one attached hydrogen (secondary N) is 1. The lowest BCUT2D eigenvalue weighted by Crippen LogP contribution is -2.50. The summed E-state index contributed by atoms with van der Waals surface area (Å²) in [5.41, 5.74) is 2.15. The van der Waals surface area contributed by atoms with Crippen LogP contribution in [0.1, 0.15) is 6.92 Å². The number of hydrogen-bond donors (Lipinski definition) is 1. The highest BCUT2D eigenvalue weighted by molar-refractivity contribution is 6.31. The van der Waals surface area contributed by atoms with E-state index in [1.54, 1.807) is 18.5 Å². The largest absolute Gasteiger partial charge is 0.423 e. The van der Waals surface area contributed by atoms with Crippen molar-refractivity contribution in [2.75, 3.05) is 24.5 Å². The Morgan fingerprint density at radius 3 is 2.91 bits per heavy atom. The SMILES string of the molecule is C[C@H]1CNCCN1c1nc2cc(Cl)cc(-c3ncccn3)c2o1. The van der Waals surface area contributed by atoms with Gasteiger partial charge in [0.05, 0.1) is 5.56 Å². The summed E-state index contributed by atoms with van der Waals surface area (Å²) in [6, 6.07) is 6.34. The molecular weight excluding hydrogens is 314 g/mol. The second-order valence-corrected chi connectivity index (χ2v) is 6.05. The van der Waals surface area contributed by atoms with Crippen LogP contribution >= 0.6 is 11.6 Å². The topological polar surface area (TPSA) is 67.1 Å². The summed E-state index contributed by atoms with van der Waals surface area (Å²) in [6.07, 6.45) is 3.40. The van der Waals surface area contributed by atoms with Crippen LogP contribution < -0.4 is 10.2 Å². The van der Waals surface area contributed by atoms with E-state index in [0.29, 0.717) is 28.5 Å². The van der Waals surface area contributed by atoms with Crippen LogP contribution in [0.4, 0.5) is 6.01 Å². The fraction of sp³-hybridized carbons (Fsp3) is 0.312. The standard InChI is InChI=1S/C16H16ClN5O/c1-10-9-18-5-6-22(10)16-21-13-8-11(17)7-12(14(13)23-16)15-19-3-2-4-20-15/h2-4,7-8,10,18H,5-6,9H2,1H3/t10-/m0/s1. The number of halogens is 1. The molecule has 0 unspecified atom stereocenters. The zero-order valence-electron chi connectivity index (χ0n) is 12.7. The lowest BCUT2D eigenvalue weighted by Gasteiger charge is -2.32. The number of hydrogen-bond acceptors (Lipinski definition) is 6. The summed E-state index contributed by atoms with van der Waals surface area (Å²) >= 11 is 6.24. The van der Waals surface area contributed by atoms with Crippen molar-refractivity contribution < 1.29 is 4.42 Å². The Kier molecular flexibility index (Phi) is 3.63. The summed E-state index contributed by atoms with van der Waals surface area (Å²) < 4.78 is 6.07. The molecule has 4 rings (SSSR count). The van der Waals surface area contributed by atoms with Gasteiger partial charge in [0.15, 0.2) is 11.4 Å². The number of oxazole rings is 1. The highest BCUT2D eigenvalue weighted by Gasteiger charge is 2.24. The number of benzene rings is 1. The van der Waals surface area contributed by atoms with Crippen molar-refractivity contribution in [1.29, 1.82) is 0 Å². The van der Waals surface area contributed by atoms with Crippen molar-refractivity contribution in [2.45, 2.75) is 13.0 Å². The Hall–Kier alpha value is -2.18. The van der Waals surface area contributed by atoms with Gasteiger partial charge in [-0.15, -0.1) is 0 Å². The zero-order chi connectivity index (χ0) is 15.8. The quantitative estimate of drug-likeness (QED) is 0.779. The van der Waals surface area contributed by atoms with Gasteiger partial charge < -0.3 is 14.6 Å². The third kappa shape index (κ3) is 2.64. The average molecular weight is 330 g/mol. The highest BCUT2D eigenvalue weighted by Crippen LogP contribution is 2.33. The number of piperazine rings is 1. The third-order valence-corrected chi connectivity index (χ3v) is 4.22. The molecule has 23 heavy (non-hydrogen) atoms. The molecule has 0 aliphatic carbocycles. The Morgan fingerprint density at radius 2 is 2.13 bits per heavy atom. The molecule has 1 fully saturated rings. The van der Waals surface area contributed by atoms with Gasteiger partial charge in [-0.25, -0.2) is 9.97 Å². The van der Waals surface area contributed by atoms with Crippen molar-refractivity contribution >= 4 is 28.7 Å². The van der Waals surface area contributed by atoms with Gasteiger partial charge in [-0.05, 0) is 25.1 Å². The van der Waals surface area contributed by atoms with E-state index in [-0.39, 0.29) is 0 Å². The van der Waals surface area contributed by atoms with Crippen molar-refractivity contribution in [2.24, 2.45) is 0 Å². The van der Waals surface area contributed by atoms with Crippen molar-refractivity contribution in [1.82, 2.24) is 20.3 Å². The van der Waals surface area contributed by atoms with Gasteiger partial charge in [-0.2, -0.15) is 4.98 Å². The van der Waals surface area contributed by atoms with E-state index in [1.807, 2.05) is 12.1 Å². The molecule has 1 aromatic carbocycles. The molecule has 0 amide bonds. The van der Waals surface area contributed by atoms with Gasteiger partial charge in [0.25, 0.3) is 6.01 Å². The molecule has 1 saturated heterocycles. The van der Waals surface area contributed by atoms with Gasteiger partial charge >= 0.3 is 0 Å². The molecule has 3 heterocycles. The Labute approximate surface area is 138 Å². The molecule has 1 N–H and O–H groups in total. The molecule has 0 radical (unpaired) electrons. The van der Waals surface area contributed by atoms with Crippen LogP contribution in [0.15, 0.2) is 35.0 Å². The molecule has 0 spiro atoms. The van der Waals surface area contributed by atoms with Gasteiger partial charge in [-0.1, -0.05) is 11.6 Å². The van der Waals surface area contributed by atoms with Crippen molar-refractivity contribution in [3.8, 4) is 11.4 Å². The lowest BCUT2D eigenvalue weighted by atomic mass is 10.2. The second-order valence-electron chi connectivity index (χ2n) is 5.62. The molecule has 1 aliphatic rings. The zero-order valence-corrected chi connectivity index (χ0v) is 13.4. The minimum Gasteiger partial charge on any atom is -0.423 e. The van der Waals surface area contributed by atoms with Crippen molar-refractivity contribution in [3.05, 3.63) is 35.6 Å². The first-order valence-corrected chi connectivity index (χ1v) is 7.95. The van der Waals surface area contributed by atoms with E-state index in [9.17, 15) is 0 Å². The Balaban J connectivity index is 1.85. The van der Waals surface area contributed by atoms with Gasteiger partial charge in [-0.3, -0.25) is 0 Å². The van der Waals surface area contributed by atoms with Crippen LogP contribution in [0.2, 0.25) is 5.02 Å². The molecule has 6 nitrogen and oxygen atoms in total. The molecule has 0 saturated carbocycles. The maximum Gasteiger partial charge on any atom is 0.298 e. The molecule has 7 heteroatoms. The van der Waals surface area contributed by atoms with Crippen LogP contribution in [-0.4, -0.2) is 40.6 Å². The van der Waals surface area contributed by atoms with Crippen LogP contribution in [0, 0.1) is 0 Å². The Morgan fingerprint density at radius 1 is 1.30 bits per heavy atom. The predicted molar refractivity (Wildman–Crippen MR) is 89.7 cm³/mol. The van der Waals surface area contributed by atoms with E-state index in [2.05, 4.69) is 32.1 Å². The van der Waals surface area contributed by atoms with E-state index < -0.39 is 0 Å². The number of fused-ring (bicyclic) bond motifs is 1. The van der Waals surface area contributed by atoms with Gasteiger partial charge in [0.2, 0.25) is 0 Å². The fourth-order valence-electron chi connectivity index (χ4n) is 2.84. The van der Waals surface area contributed by atoms with E-state index in [1.165, 1.54) is 0 Å². The van der Waals surface area contributed by atoms with Gasteiger partial charge in [0, 0.05) is 43.1 Å². The number of aromatic nitrogens is 3. The van der Waals surface area contributed by atoms with Crippen LogP contribution in [0.25, 0.3) is 22.5 Å². The van der Waals surface area contributed by atoms with Crippen molar-refractivity contribution in [3.63, 3.8) is 0 Å². The first-order chi connectivity index (χ1) is 11.2. The average Bonchev–Trinajstić information content (AvgIpc) is 2.99. The number of nitrogens with zero attached hydrogens (tertiary/aromatic N) is 4. The Bertz CT molecular complexity index is 835. The predicted octanol–water partition coefficient (Wildman–Crippen LogP) is 2.74. The molecule has 3 aromatic rings. The fourth-order valence-corrected chi connectivity index (χ4v) is 3.05. The number of anilines is 1. The molecule has 118 valence electrons. The smallest absolute Gasteiger partial charge is 0.298 e. The van der Waals surface area contributed by atoms with Crippen LogP contribution in [-0.2, 0) is 0 Å². The monoisotopic (exact) mass is 329 g/mol. The van der Waals surface area contributed by atoms with Crippen LogP contribution in [0.3, 0.4) is 0 Å². The maximum atomic E-state index is 6.24. The normalized spacial score (nSPS) is 18.5. The van der Waals surface area contributed by atoms with E-state index in [4.69, 9.17) is 16.0 Å². The minimum atomic E-state index is 0.323. The highest BCUT2D eigenvalue weighted by atomic mass is 35.5. The molecule has 1 atom stereocenters. The maximum absolute atomic E-state index is 6.24. The van der Waals surface area contributed by atoms with Crippen LogP contribution in [0.5, 0.6) is 0 Å². The molecule has 1 aliphatic heterocycles. The summed E-state index contributed by atoms with van der Waals surface area (Å²) in [5, 5.41) is 3.95. The minimum absolute atomic E-state index is 0.323. The van der Waals surface area contributed by atoms with Gasteiger partial charge in [0.1, 0.15) is 5.52 Å². The number of rotatable bonds is 2. The summed E-state index contributed by atoms with van der Waals surface area (Å²) in [6.45, 7) is 4.83.